The molecule has 1 aromatic rings. The van der Waals surface area contributed by atoms with Crippen LogP contribution in [0.4, 0.5) is 5.82 Å². The standard InChI is InChI=1S/C12H20N4O2/c1-7(2)11(12(13)17)16-9-5-10(15-6-14-9)18-8(3)4/h5-8,11H,1-4H3,(H2,13,17)(H,14,15,16). The highest BCUT2D eigenvalue weighted by Gasteiger charge is 2.19. The molecule has 0 saturated carbocycles. The zero-order chi connectivity index (χ0) is 13.7. The molecule has 0 bridgehead atoms. The van der Waals surface area contributed by atoms with Crippen LogP contribution >= 0.6 is 0 Å². The lowest BCUT2D eigenvalue weighted by atomic mass is 10.0. The molecule has 0 radical (unpaired) electrons. The Morgan fingerprint density at radius 1 is 1.33 bits per heavy atom. The van der Waals surface area contributed by atoms with Crippen LogP contribution < -0.4 is 15.8 Å². The van der Waals surface area contributed by atoms with Gasteiger partial charge in [0.25, 0.3) is 0 Å². The van der Waals surface area contributed by atoms with E-state index in [4.69, 9.17) is 10.5 Å². The van der Waals surface area contributed by atoms with E-state index in [0.29, 0.717) is 11.7 Å². The van der Waals surface area contributed by atoms with Crippen molar-refractivity contribution < 1.29 is 9.53 Å². The van der Waals surface area contributed by atoms with Crippen molar-refractivity contribution in [2.45, 2.75) is 39.8 Å². The van der Waals surface area contributed by atoms with Gasteiger partial charge in [-0.15, -0.1) is 0 Å². The third-order valence-electron chi connectivity index (χ3n) is 2.28. The fourth-order valence-electron chi connectivity index (χ4n) is 1.45. The molecule has 0 aromatic carbocycles. The highest BCUT2D eigenvalue weighted by molar-refractivity contribution is 5.82. The van der Waals surface area contributed by atoms with Gasteiger partial charge in [-0.3, -0.25) is 4.79 Å². The first-order chi connectivity index (χ1) is 8.40. The highest BCUT2D eigenvalue weighted by Crippen LogP contribution is 2.15. The van der Waals surface area contributed by atoms with Crippen molar-refractivity contribution in [3.63, 3.8) is 0 Å². The molecule has 3 N–H and O–H groups in total. The minimum Gasteiger partial charge on any atom is -0.475 e. The number of ether oxygens (including phenoxy) is 1. The quantitative estimate of drug-likeness (QED) is 0.793. The van der Waals surface area contributed by atoms with Crippen LogP contribution in [-0.4, -0.2) is 28.0 Å². The third kappa shape index (κ3) is 4.20. The topological polar surface area (TPSA) is 90.1 Å². The zero-order valence-corrected chi connectivity index (χ0v) is 11.2. The molecule has 1 rings (SSSR count). The van der Waals surface area contributed by atoms with Crippen LogP contribution in [0.1, 0.15) is 27.7 Å². The smallest absolute Gasteiger partial charge is 0.240 e. The number of nitrogens with zero attached hydrogens (tertiary/aromatic N) is 2. The maximum Gasteiger partial charge on any atom is 0.240 e. The van der Waals surface area contributed by atoms with Gasteiger partial charge in [-0.1, -0.05) is 13.8 Å². The van der Waals surface area contributed by atoms with Crippen molar-refractivity contribution in [3.8, 4) is 5.88 Å². The largest absolute Gasteiger partial charge is 0.475 e. The Balaban J connectivity index is 2.80. The summed E-state index contributed by atoms with van der Waals surface area (Å²) in [4.78, 5) is 19.3. The molecule has 18 heavy (non-hydrogen) atoms. The summed E-state index contributed by atoms with van der Waals surface area (Å²) in [5, 5.41) is 2.99. The van der Waals surface area contributed by atoms with Gasteiger partial charge in [0.1, 0.15) is 18.2 Å². The molecule has 1 heterocycles. The van der Waals surface area contributed by atoms with E-state index in [9.17, 15) is 4.79 Å². The second-order valence-electron chi connectivity index (χ2n) is 4.68. The van der Waals surface area contributed by atoms with Crippen molar-refractivity contribution >= 4 is 11.7 Å². The first kappa shape index (κ1) is 14.2. The number of carbonyl (C=O) groups is 1. The van der Waals surface area contributed by atoms with Crippen LogP contribution in [0.3, 0.4) is 0 Å². The fraction of sp³-hybridized carbons (Fsp3) is 0.583. The van der Waals surface area contributed by atoms with Crippen molar-refractivity contribution in [1.82, 2.24) is 9.97 Å². The van der Waals surface area contributed by atoms with Gasteiger partial charge in [0.15, 0.2) is 0 Å². The van der Waals surface area contributed by atoms with Gasteiger partial charge in [0.2, 0.25) is 11.8 Å². The van der Waals surface area contributed by atoms with E-state index in [1.54, 1.807) is 6.07 Å². The van der Waals surface area contributed by atoms with Crippen LogP contribution in [0.2, 0.25) is 0 Å². The molecule has 6 nitrogen and oxygen atoms in total. The van der Waals surface area contributed by atoms with Crippen LogP contribution in [0, 0.1) is 5.92 Å². The molecular weight excluding hydrogens is 232 g/mol. The van der Waals surface area contributed by atoms with Gasteiger partial charge < -0.3 is 15.8 Å². The summed E-state index contributed by atoms with van der Waals surface area (Å²) >= 11 is 0. The summed E-state index contributed by atoms with van der Waals surface area (Å²) in [6, 6.07) is 1.19. The maximum atomic E-state index is 11.3. The second-order valence-corrected chi connectivity index (χ2v) is 4.68. The summed E-state index contributed by atoms with van der Waals surface area (Å²) in [6.07, 6.45) is 1.42. The molecule has 1 amide bonds. The van der Waals surface area contributed by atoms with E-state index in [2.05, 4.69) is 15.3 Å². The van der Waals surface area contributed by atoms with Gasteiger partial charge in [0, 0.05) is 6.07 Å². The van der Waals surface area contributed by atoms with Crippen molar-refractivity contribution in [3.05, 3.63) is 12.4 Å². The molecule has 0 spiro atoms. The lowest BCUT2D eigenvalue weighted by Crippen LogP contribution is -2.39. The van der Waals surface area contributed by atoms with Crippen molar-refractivity contribution in [1.29, 1.82) is 0 Å². The van der Waals surface area contributed by atoms with E-state index < -0.39 is 11.9 Å². The van der Waals surface area contributed by atoms with Crippen LogP contribution in [0.15, 0.2) is 12.4 Å². The molecular formula is C12H20N4O2. The van der Waals surface area contributed by atoms with Crippen LogP contribution in [-0.2, 0) is 4.79 Å². The molecule has 0 saturated heterocycles. The molecule has 6 heteroatoms. The third-order valence-corrected chi connectivity index (χ3v) is 2.28. The minimum atomic E-state index is -0.466. The summed E-state index contributed by atoms with van der Waals surface area (Å²) in [7, 11) is 0. The average molecular weight is 252 g/mol. The number of aromatic nitrogens is 2. The first-order valence-corrected chi connectivity index (χ1v) is 5.94. The maximum absolute atomic E-state index is 11.3. The van der Waals surface area contributed by atoms with Crippen LogP contribution in [0.25, 0.3) is 0 Å². The van der Waals surface area contributed by atoms with E-state index in [1.807, 2.05) is 27.7 Å². The number of primary amides is 1. The number of nitrogens with one attached hydrogen (secondary N) is 1. The van der Waals surface area contributed by atoms with Crippen LogP contribution in [0.5, 0.6) is 5.88 Å². The fourth-order valence-corrected chi connectivity index (χ4v) is 1.45. The molecule has 0 aliphatic heterocycles. The zero-order valence-electron chi connectivity index (χ0n) is 11.2. The molecule has 1 unspecified atom stereocenters. The number of amides is 1. The Morgan fingerprint density at radius 2 is 2.00 bits per heavy atom. The molecule has 0 fully saturated rings. The van der Waals surface area contributed by atoms with Crippen molar-refractivity contribution in [2.24, 2.45) is 11.7 Å². The van der Waals surface area contributed by atoms with Gasteiger partial charge in [-0.05, 0) is 19.8 Å². The molecule has 1 aromatic heterocycles. The monoisotopic (exact) mass is 252 g/mol. The Labute approximate surface area is 107 Å². The van der Waals surface area contributed by atoms with E-state index in [0.717, 1.165) is 0 Å². The van der Waals surface area contributed by atoms with Gasteiger partial charge >= 0.3 is 0 Å². The number of anilines is 1. The van der Waals surface area contributed by atoms with Gasteiger partial charge in [-0.25, -0.2) is 9.97 Å². The Kier molecular flexibility index (Phi) is 4.88. The van der Waals surface area contributed by atoms with Gasteiger partial charge in [-0.2, -0.15) is 0 Å². The first-order valence-electron chi connectivity index (χ1n) is 5.94. The highest BCUT2D eigenvalue weighted by atomic mass is 16.5. The number of nitrogens with two attached hydrogens (primary N) is 1. The molecule has 0 aliphatic rings. The lowest BCUT2D eigenvalue weighted by Gasteiger charge is -2.19. The summed E-state index contributed by atoms with van der Waals surface area (Å²) < 4.78 is 5.45. The average Bonchev–Trinajstić information content (AvgIpc) is 2.24. The van der Waals surface area contributed by atoms with E-state index >= 15 is 0 Å². The SMILES string of the molecule is CC(C)Oc1cc(NC(C(N)=O)C(C)C)ncn1. The molecule has 100 valence electrons. The summed E-state index contributed by atoms with van der Waals surface area (Å²) in [5.41, 5.74) is 5.33. The Morgan fingerprint density at radius 3 is 2.50 bits per heavy atom. The normalized spacial score (nSPS) is 12.6. The lowest BCUT2D eigenvalue weighted by molar-refractivity contribution is -0.119. The predicted octanol–water partition coefficient (Wildman–Crippen LogP) is 1.19. The second kappa shape index (κ2) is 6.18. The molecule has 1 atom stereocenters. The number of hydrogen-bond donors (Lipinski definition) is 2. The number of rotatable bonds is 6. The van der Waals surface area contributed by atoms with E-state index in [1.165, 1.54) is 6.33 Å². The van der Waals surface area contributed by atoms with Crippen molar-refractivity contribution in [2.75, 3.05) is 5.32 Å². The summed E-state index contributed by atoms with van der Waals surface area (Å²) in [6.45, 7) is 7.65. The Bertz CT molecular complexity index is 407. The van der Waals surface area contributed by atoms with E-state index in [-0.39, 0.29) is 12.0 Å². The molecule has 0 aliphatic carbocycles. The predicted molar refractivity (Wildman–Crippen MR) is 69.2 cm³/mol. The number of hydrogen-bond acceptors (Lipinski definition) is 5. The summed E-state index contributed by atoms with van der Waals surface area (Å²) in [5.74, 6) is 0.662. The Hall–Kier alpha value is -1.85. The minimum absolute atomic E-state index is 0.0322. The van der Waals surface area contributed by atoms with Gasteiger partial charge in [0.05, 0.1) is 6.10 Å². The number of carbonyl (C=O) groups excluding carboxylic acids is 1.